The number of hydrogen-bond donors (Lipinski definition) is 1. The Hall–Kier alpha value is -2.13. The van der Waals surface area contributed by atoms with Crippen molar-refractivity contribution in [1.82, 2.24) is 4.98 Å². The van der Waals surface area contributed by atoms with E-state index >= 15 is 0 Å². The van der Waals surface area contributed by atoms with Crippen LogP contribution in [0.25, 0.3) is 17.2 Å². The van der Waals surface area contributed by atoms with E-state index in [4.69, 9.17) is 4.74 Å². The third-order valence-electron chi connectivity index (χ3n) is 4.47. The molecule has 0 saturated heterocycles. The number of ether oxygens (including phenoxy) is 1. The number of aromatic nitrogens is 1. The normalized spacial score (nSPS) is 12.5. The Balaban J connectivity index is 1.70. The molecule has 1 N–H and O–H groups in total. The lowest BCUT2D eigenvalue weighted by Crippen LogP contribution is -2.08. The smallest absolute Gasteiger partial charge is 0.247 e. The predicted molar refractivity (Wildman–Crippen MR) is 110 cm³/mol. The summed E-state index contributed by atoms with van der Waals surface area (Å²) in [6.45, 7) is 5.28. The highest BCUT2D eigenvalue weighted by Crippen LogP contribution is 2.18. The fourth-order valence-corrected chi connectivity index (χ4v) is 2.84. The molecule has 3 heteroatoms. The molecule has 2 rings (SSSR count). The van der Waals surface area contributed by atoms with E-state index in [9.17, 15) is 4.79 Å². The standard InChI is InChI=1S/C23H31NO2/c1-3-4-8-17-26-19(2)9-6-5-7-10-20-11-13-21(14-12-20)22-15-16-23(25)24-18-22/h7,10-16,18-19H,3-6,8-9,17H2,1-2H3,(H,24,25). The van der Waals surface area contributed by atoms with Crippen molar-refractivity contribution >= 4 is 6.08 Å². The summed E-state index contributed by atoms with van der Waals surface area (Å²) in [5, 5.41) is 0. The second-order valence-electron chi connectivity index (χ2n) is 6.79. The zero-order chi connectivity index (χ0) is 18.6. The summed E-state index contributed by atoms with van der Waals surface area (Å²) in [4.78, 5) is 13.8. The van der Waals surface area contributed by atoms with Gasteiger partial charge in [0, 0.05) is 18.9 Å². The van der Waals surface area contributed by atoms with Crippen LogP contribution < -0.4 is 5.56 Å². The fraction of sp³-hybridized carbons (Fsp3) is 0.435. The van der Waals surface area contributed by atoms with Gasteiger partial charge in [0.15, 0.2) is 0 Å². The van der Waals surface area contributed by atoms with Crippen molar-refractivity contribution < 1.29 is 4.74 Å². The lowest BCUT2D eigenvalue weighted by Gasteiger charge is -2.11. The van der Waals surface area contributed by atoms with Gasteiger partial charge in [-0.15, -0.1) is 0 Å². The van der Waals surface area contributed by atoms with Crippen molar-refractivity contribution in [3.05, 3.63) is 64.6 Å². The van der Waals surface area contributed by atoms with Crippen LogP contribution in [0.2, 0.25) is 0 Å². The number of unbranched alkanes of at least 4 members (excludes halogenated alkanes) is 3. The Morgan fingerprint density at radius 1 is 1.04 bits per heavy atom. The molecule has 0 aliphatic carbocycles. The predicted octanol–water partition coefficient (Wildman–Crippen LogP) is 5.82. The van der Waals surface area contributed by atoms with Crippen LogP contribution in [0.15, 0.2) is 53.5 Å². The highest BCUT2D eigenvalue weighted by Gasteiger charge is 2.01. The molecule has 3 nitrogen and oxygen atoms in total. The number of H-pyrrole nitrogens is 1. The molecule has 1 aromatic carbocycles. The quantitative estimate of drug-likeness (QED) is 0.517. The van der Waals surface area contributed by atoms with Gasteiger partial charge in [0.25, 0.3) is 0 Å². The second-order valence-corrected chi connectivity index (χ2v) is 6.79. The Morgan fingerprint density at radius 2 is 1.81 bits per heavy atom. The van der Waals surface area contributed by atoms with Gasteiger partial charge in [-0.05, 0) is 55.4 Å². The molecular weight excluding hydrogens is 322 g/mol. The molecule has 0 amide bonds. The Morgan fingerprint density at radius 3 is 2.50 bits per heavy atom. The summed E-state index contributed by atoms with van der Waals surface area (Å²) in [5.74, 6) is 0. The van der Waals surface area contributed by atoms with Gasteiger partial charge in [-0.2, -0.15) is 0 Å². The molecule has 0 fully saturated rings. The van der Waals surface area contributed by atoms with Crippen molar-refractivity contribution in [2.24, 2.45) is 0 Å². The lowest BCUT2D eigenvalue weighted by atomic mass is 10.1. The van der Waals surface area contributed by atoms with Crippen LogP contribution in [0, 0.1) is 0 Å². The monoisotopic (exact) mass is 353 g/mol. The second kappa shape index (κ2) is 11.5. The molecule has 1 heterocycles. The molecular formula is C23H31NO2. The van der Waals surface area contributed by atoms with Gasteiger partial charge >= 0.3 is 0 Å². The van der Waals surface area contributed by atoms with Crippen molar-refractivity contribution in [3.63, 3.8) is 0 Å². The number of nitrogens with one attached hydrogen (secondary N) is 1. The molecule has 26 heavy (non-hydrogen) atoms. The molecule has 0 aliphatic heterocycles. The van der Waals surface area contributed by atoms with Crippen LogP contribution in [0.4, 0.5) is 0 Å². The molecule has 0 radical (unpaired) electrons. The zero-order valence-corrected chi connectivity index (χ0v) is 16.0. The number of aromatic amines is 1. The number of rotatable bonds is 11. The number of benzene rings is 1. The van der Waals surface area contributed by atoms with Gasteiger partial charge in [0.05, 0.1) is 6.10 Å². The number of pyridine rings is 1. The summed E-state index contributed by atoms with van der Waals surface area (Å²) in [5.41, 5.74) is 3.25. The molecule has 0 aliphatic rings. The van der Waals surface area contributed by atoms with Crippen molar-refractivity contribution in [2.45, 2.75) is 58.5 Å². The highest BCUT2D eigenvalue weighted by atomic mass is 16.5. The van der Waals surface area contributed by atoms with E-state index in [1.165, 1.54) is 24.8 Å². The lowest BCUT2D eigenvalue weighted by molar-refractivity contribution is 0.0566. The van der Waals surface area contributed by atoms with Crippen LogP contribution in [0.3, 0.4) is 0 Å². The molecule has 2 aromatic rings. The Bertz CT molecular complexity index is 695. The molecule has 1 unspecified atom stereocenters. The van der Waals surface area contributed by atoms with E-state index in [1.807, 2.05) is 6.07 Å². The molecule has 1 aromatic heterocycles. The van der Waals surface area contributed by atoms with Crippen molar-refractivity contribution in [1.29, 1.82) is 0 Å². The molecule has 0 spiro atoms. The van der Waals surface area contributed by atoms with E-state index in [0.717, 1.165) is 37.0 Å². The molecule has 0 bridgehead atoms. The Labute approximate surface area is 157 Å². The summed E-state index contributed by atoms with van der Waals surface area (Å²) in [6.07, 6.45) is 13.5. The van der Waals surface area contributed by atoms with E-state index in [2.05, 4.69) is 55.2 Å². The minimum atomic E-state index is -0.0750. The SMILES string of the molecule is CCCCCOC(C)CCCC=Cc1ccc(-c2ccc(=O)[nH]c2)cc1. The maximum Gasteiger partial charge on any atom is 0.247 e. The maximum absolute atomic E-state index is 11.1. The zero-order valence-electron chi connectivity index (χ0n) is 16.0. The van der Waals surface area contributed by atoms with E-state index < -0.39 is 0 Å². The van der Waals surface area contributed by atoms with E-state index in [-0.39, 0.29) is 5.56 Å². The molecule has 0 saturated carbocycles. The number of allylic oxidation sites excluding steroid dienone is 1. The maximum atomic E-state index is 11.1. The summed E-state index contributed by atoms with van der Waals surface area (Å²) in [6, 6.07) is 11.8. The van der Waals surface area contributed by atoms with E-state index in [0.29, 0.717) is 6.10 Å². The van der Waals surface area contributed by atoms with Gasteiger partial charge in [0.1, 0.15) is 0 Å². The van der Waals surface area contributed by atoms with Crippen molar-refractivity contribution in [2.75, 3.05) is 6.61 Å². The Kier molecular flexibility index (Phi) is 8.91. The minimum Gasteiger partial charge on any atom is -0.379 e. The first-order chi connectivity index (χ1) is 12.7. The van der Waals surface area contributed by atoms with Gasteiger partial charge in [-0.1, -0.05) is 56.2 Å². The van der Waals surface area contributed by atoms with Crippen LogP contribution in [-0.4, -0.2) is 17.7 Å². The van der Waals surface area contributed by atoms with Crippen LogP contribution in [0.1, 0.15) is 57.9 Å². The van der Waals surface area contributed by atoms with Crippen LogP contribution in [-0.2, 0) is 4.74 Å². The van der Waals surface area contributed by atoms with Gasteiger partial charge in [-0.3, -0.25) is 4.79 Å². The average molecular weight is 354 g/mol. The van der Waals surface area contributed by atoms with E-state index in [1.54, 1.807) is 12.3 Å². The third-order valence-corrected chi connectivity index (χ3v) is 4.47. The molecule has 1 atom stereocenters. The largest absolute Gasteiger partial charge is 0.379 e. The van der Waals surface area contributed by atoms with Crippen molar-refractivity contribution in [3.8, 4) is 11.1 Å². The minimum absolute atomic E-state index is 0.0750. The highest BCUT2D eigenvalue weighted by molar-refractivity contribution is 5.64. The van der Waals surface area contributed by atoms with Gasteiger partial charge in [0.2, 0.25) is 5.56 Å². The summed E-state index contributed by atoms with van der Waals surface area (Å²) in [7, 11) is 0. The first-order valence-electron chi connectivity index (χ1n) is 9.76. The van der Waals surface area contributed by atoms with Crippen LogP contribution >= 0.6 is 0 Å². The average Bonchev–Trinajstić information content (AvgIpc) is 2.66. The van der Waals surface area contributed by atoms with Gasteiger partial charge < -0.3 is 9.72 Å². The van der Waals surface area contributed by atoms with Crippen LogP contribution in [0.5, 0.6) is 0 Å². The molecule has 140 valence electrons. The summed E-state index contributed by atoms with van der Waals surface area (Å²) < 4.78 is 5.83. The first-order valence-corrected chi connectivity index (χ1v) is 9.76. The third kappa shape index (κ3) is 7.40. The topological polar surface area (TPSA) is 42.1 Å². The summed E-state index contributed by atoms with van der Waals surface area (Å²) >= 11 is 0. The number of hydrogen-bond acceptors (Lipinski definition) is 2. The fourth-order valence-electron chi connectivity index (χ4n) is 2.84. The first kappa shape index (κ1) is 20.2. The van der Waals surface area contributed by atoms with Gasteiger partial charge in [-0.25, -0.2) is 0 Å².